The van der Waals surface area contributed by atoms with Crippen LogP contribution < -0.4 is 0 Å². The Kier molecular flexibility index (Phi) is 3.44. The lowest BCUT2D eigenvalue weighted by Crippen LogP contribution is -2.01. The second-order valence-corrected chi connectivity index (χ2v) is 2.71. The number of carbonyl (C=O) groups is 1. The van der Waals surface area contributed by atoms with Crippen LogP contribution in [-0.2, 0) is 9.53 Å². The first kappa shape index (κ1) is 7.73. The van der Waals surface area contributed by atoms with E-state index in [1.54, 1.807) is 0 Å². The minimum atomic E-state index is 0.363. The number of hydrogen-bond donors (Lipinski definition) is 0. The minimum Gasteiger partial charge on any atom is -0.381 e. The fourth-order valence-corrected chi connectivity index (χ4v) is 1.12. The van der Waals surface area contributed by atoms with Crippen LogP contribution in [0.5, 0.6) is 0 Å². The predicted molar refractivity (Wildman–Crippen MR) is 38.9 cm³/mol. The molecule has 1 rings (SSSR count). The summed E-state index contributed by atoms with van der Waals surface area (Å²) in [4.78, 5) is 10.9. The Bertz CT molecular complexity index is 97.8. The molecule has 0 aromatic heterocycles. The Morgan fingerprint density at radius 3 is 2.80 bits per heavy atom. The monoisotopic (exact) mass is 142 g/mol. The summed E-state index contributed by atoms with van der Waals surface area (Å²) >= 11 is 0. The Hall–Kier alpha value is -0.370. The molecule has 0 unspecified atom stereocenters. The molecule has 0 aliphatic carbocycles. The van der Waals surface area contributed by atoms with E-state index in [2.05, 4.69) is 0 Å². The van der Waals surface area contributed by atoms with E-state index in [-0.39, 0.29) is 0 Å². The van der Waals surface area contributed by atoms with Gasteiger partial charge >= 0.3 is 0 Å². The minimum absolute atomic E-state index is 0.363. The lowest BCUT2D eigenvalue weighted by atomic mass is 10.1. The molecule has 0 aromatic rings. The van der Waals surface area contributed by atoms with Crippen molar-refractivity contribution in [3.05, 3.63) is 0 Å². The van der Waals surface area contributed by atoms with Gasteiger partial charge < -0.3 is 4.74 Å². The van der Waals surface area contributed by atoms with E-state index in [0.717, 1.165) is 32.3 Å². The first-order valence-corrected chi connectivity index (χ1v) is 3.99. The summed E-state index contributed by atoms with van der Waals surface area (Å²) in [6, 6.07) is 0. The van der Waals surface area contributed by atoms with Crippen LogP contribution in [0.1, 0.15) is 32.1 Å². The number of ether oxygens (including phenoxy) is 1. The van der Waals surface area contributed by atoms with E-state index in [9.17, 15) is 4.79 Å². The Morgan fingerprint density at radius 1 is 1.00 bits per heavy atom. The van der Waals surface area contributed by atoms with Gasteiger partial charge in [-0.15, -0.1) is 0 Å². The third-order valence-corrected chi connectivity index (χ3v) is 1.77. The third-order valence-electron chi connectivity index (χ3n) is 1.77. The summed E-state index contributed by atoms with van der Waals surface area (Å²) in [5.74, 6) is 0.363. The molecule has 0 atom stereocenters. The summed E-state index contributed by atoms with van der Waals surface area (Å²) in [5, 5.41) is 0. The van der Waals surface area contributed by atoms with E-state index in [4.69, 9.17) is 4.74 Å². The van der Waals surface area contributed by atoms with Gasteiger partial charge in [-0.05, 0) is 12.8 Å². The van der Waals surface area contributed by atoms with Crippen LogP contribution >= 0.6 is 0 Å². The second-order valence-electron chi connectivity index (χ2n) is 2.71. The zero-order valence-electron chi connectivity index (χ0n) is 6.27. The maximum atomic E-state index is 10.9. The average molecular weight is 142 g/mol. The summed E-state index contributed by atoms with van der Waals surface area (Å²) < 4.78 is 5.20. The zero-order chi connectivity index (χ0) is 7.23. The lowest BCUT2D eigenvalue weighted by Gasteiger charge is -1.97. The molecule has 0 aromatic carbocycles. The molecule has 0 bridgehead atoms. The topological polar surface area (TPSA) is 26.3 Å². The highest BCUT2D eigenvalue weighted by atomic mass is 16.5. The predicted octanol–water partition coefficient (Wildman–Crippen LogP) is 1.54. The first-order valence-electron chi connectivity index (χ1n) is 3.99. The van der Waals surface area contributed by atoms with Crippen molar-refractivity contribution in [2.75, 3.05) is 13.2 Å². The van der Waals surface area contributed by atoms with Gasteiger partial charge in [-0.3, -0.25) is 4.79 Å². The van der Waals surface area contributed by atoms with Gasteiger partial charge in [0.15, 0.2) is 0 Å². The van der Waals surface area contributed by atoms with Crippen LogP contribution in [0.3, 0.4) is 0 Å². The van der Waals surface area contributed by atoms with Crippen molar-refractivity contribution in [2.24, 2.45) is 0 Å². The number of Topliss-reactive ketones (excluding diaryl/α,β-unsaturated/α-hetero) is 1. The first-order chi connectivity index (χ1) is 4.89. The standard InChI is InChI=1S/C8H14O2/c9-8-4-2-1-3-6-10-7-5-8/h1-7H2. The van der Waals surface area contributed by atoms with Crippen LogP contribution in [0, 0.1) is 0 Å². The Labute approximate surface area is 61.6 Å². The molecule has 1 heterocycles. The molecule has 10 heavy (non-hydrogen) atoms. The van der Waals surface area contributed by atoms with Gasteiger partial charge in [0.2, 0.25) is 0 Å². The fraction of sp³-hybridized carbons (Fsp3) is 0.875. The van der Waals surface area contributed by atoms with Crippen LogP contribution in [0.15, 0.2) is 0 Å². The highest BCUT2D eigenvalue weighted by Crippen LogP contribution is 2.05. The highest BCUT2D eigenvalue weighted by molar-refractivity contribution is 5.78. The van der Waals surface area contributed by atoms with E-state index in [1.807, 2.05) is 0 Å². The van der Waals surface area contributed by atoms with Crippen molar-refractivity contribution in [2.45, 2.75) is 32.1 Å². The molecule has 1 saturated heterocycles. The van der Waals surface area contributed by atoms with Crippen molar-refractivity contribution < 1.29 is 9.53 Å². The summed E-state index contributed by atoms with van der Waals surface area (Å²) in [7, 11) is 0. The molecular weight excluding hydrogens is 128 g/mol. The Morgan fingerprint density at radius 2 is 1.90 bits per heavy atom. The second kappa shape index (κ2) is 4.45. The molecule has 0 N–H and O–H groups in total. The largest absolute Gasteiger partial charge is 0.381 e. The number of carbonyl (C=O) groups excluding carboxylic acids is 1. The van der Waals surface area contributed by atoms with Crippen LogP contribution in [0.25, 0.3) is 0 Å². The molecule has 0 spiro atoms. The van der Waals surface area contributed by atoms with Crippen LogP contribution in [0.2, 0.25) is 0 Å². The van der Waals surface area contributed by atoms with E-state index in [1.165, 1.54) is 0 Å². The lowest BCUT2D eigenvalue weighted by molar-refractivity contribution is -0.119. The van der Waals surface area contributed by atoms with Crippen molar-refractivity contribution in [1.82, 2.24) is 0 Å². The SMILES string of the molecule is O=C1CCCCCOCC1. The van der Waals surface area contributed by atoms with Gasteiger partial charge in [0.25, 0.3) is 0 Å². The maximum Gasteiger partial charge on any atom is 0.135 e. The molecule has 0 radical (unpaired) electrons. The fourth-order valence-electron chi connectivity index (χ4n) is 1.12. The van der Waals surface area contributed by atoms with Gasteiger partial charge in [-0.1, -0.05) is 6.42 Å². The summed E-state index contributed by atoms with van der Waals surface area (Å²) in [5.41, 5.74) is 0. The smallest absolute Gasteiger partial charge is 0.135 e. The van der Waals surface area contributed by atoms with E-state index in [0.29, 0.717) is 18.8 Å². The van der Waals surface area contributed by atoms with Gasteiger partial charge in [-0.2, -0.15) is 0 Å². The van der Waals surface area contributed by atoms with E-state index >= 15 is 0 Å². The zero-order valence-corrected chi connectivity index (χ0v) is 6.27. The summed E-state index contributed by atoms with van der Waals surface area (Å²) in [6.45, 7) is 1.48. The number of hydrogen-bond acceptors (Lipinski definition) is 2. The van der Waals surface area contributed by atoms with Crippen LogP contribution in [0.4, 0.5) is 0 Å². The van der Waals surface area contributed by atoms with E-state index < -0.39 is 0 Å². The van der Waals surface area contributed by atoms with Gasteiger partial charge in [0, 0.05) is 19.4 Å². The molecule has 1 aliphatic heterocycles. The van der Waals surface area contributed by atoms with Crippen LogP contribution in [-0.4, -0.2) is 19.0 Å². The maximum absolute atomic E-state index is 10.9. The van der Waals surface area contributed by atoms with Crippen molar-refractivity contribution in [1.29, 1.82) is 0 Å². The molecule has 0 amide bonds. The van der Waals surface area contributed by atoms with Gasteiger partial charge in [-0.25, -0.2) is 0 Å². The quantitative estimate of drug-likeness (QED) is 0.512. The summed E-state index contributed by atoms with van der Waals surface area (Å²) in [6.07, 6.45) is 4.71. The molecule has 0 saturated carbocycles. The van der Waals surface area contributed by atoms with Crippen molar-refractivity contribution >= 4 is 5.78 Å². The molecule has 58 valence electrons. The third kappa shape index (κ3) is 2.97. The average Bonchev–Trinajstić information content (AvgIpc) is 2.02. The molecule has 2 nitrogen and oxygen atoms in total. The Balaban J connectivity index is 2.21. The number of rotatable bonds is 0. The van der Waals surface area contributed by atoms with Crippen molar-refractivity contribution in [3.8, 4) is 0 Å². The normalized spacial score (nSPS) is 23.0. The highest BCUT2D eigenvalue weighted by Gasteiger charge is 2.03. The van der Waals surface area contributed by atoms with Gasteiger partial charge in [0.1, 0.15) is 5.78 Å². The van der Waals surface area contributed by atoms with Crippen molar-refractivity contribution in [3.63, 3.8) is 0 Å². The molecular formula is C8H14O2. The molecule has 2 heteroatoms. The number of ketones is 1. The molecule has 1 fully saturated rings. The molecule has 1 aliphatic rings. The van der Waals surface area contributed by atoms with Gasteiger partial charge in [0.05, 0.1) is 6.61 Å².